The molecule has 3 aromatic rings. The van der Waals surface area contributed by atoms with E-state index in [1.807, 2.05) is 11.8 Å². The van der Waals surface area contributed by atoms with Gasteiger partial charge in [-0.25, -0.2) is 15.0 Å². The van der Waals surface area contributed by atoms with Crippen LogP contribution in [0.4, 0.5) is 0 Å². The summed E-state index contributed by atoms with van der Waals surface area (Å²) in [6.45, 7) is 0. The van der Waals surface area contributed by atoms with Gasteiger partial charge in [-0.05, 0) is 53.8 Å². The Bertz CT molecular complexity index is 1070. The molecule has 5 rings (SSSR count). The largest absolute Gasteiger partial charge is 0.242 e. The van der Waals surface area contributed by atoms with Gasteiger partial charge in [0.05, 0.1) is 15.5 Å². The summed E-state index contributed by atoms with van der Waals surface area (Å²) in [4.78, 5) is 14.6. The van der Waals surface area contributed by atoms with Crippen LogP contribution in [-0.4, -0.2) is 15.0 Å². The zero-order chi connectivity index (χ0) is 17.0. The number of aromatic nitrogens is 3. The zero-order valence-corrected chi connectivity index (χ0v) is 16.3. The summed E-state index contributed by atoms with van der Waals surface area (Å²) in [5.74, 6) is 0. The van der Waals surface area contributed by atoms with Crippen molar-refractivity contribution in [3.63, 3.8) is 0 Å². The molecule has 1 aliphatic heterocycles. The predicted octanol–water partition coefficient (Wildman–Crippen LogP) is 6.28. The van der Waals surface area contributed by atoms with Crippen molar-refractivity contribution in [2.75, 3.05) is 0 Å². The fourth-order valence-electron chi connectivity index (χ4n) is 3.67. The number of halogens is 2. The summed E-state index contributed by atoms with van der Waals surface area (Å²) >= 11 is 15.9. The number of aryl methyl sites for hydroxylation is 1. The number of hydrogen-bond donors (Lipinski definition) is 0. The third-order valence-corrected chi connectivity index (χ3v) is 7.34. The molecule has 1 aliphatic carbocycles. The molecule has 4 heterocycles. The van der Waals surface area contributed by atoms with Crippen molar-refractivity contribution in [2.24, 2.45) is 0 Å². The molecule has 0 N–H and O–H groups in total. The van der Waals surface area contributed by atoms with Gasteiger partial charge in [0, 0.05) is 11.1 Å². The second-order valence-electron chi connectivity index (χ2n) is 6.17. The number of pyridine rings is 1. The molecule has 7 heteroatoms. The Balaban J connectivity index is 1.92. The summed E-state index contributed by atoms with van der Waals surface area (Å²) in [6, 6.07) is 0. The van der Waals surface area contributed by atoms with Crippen LogP contribution in [0.1, 0.15) is 34.9 Å². The molecule has 3 nitrogen and oxygen atoms in total. The summed E-state index contributed by atoms with van der Waals surface area (Å²) in [7, 11) is 0. The van der Waals surface area contributed by atoms with Crippen LogP contribution in [0.15, 0.2) is 23.6 Å². The van der Waals surface area contributed by atoms with Crippen molar-refractivity contribution in [1.82, 2.24) is 15.0 Å². The van der Waals surface area contributed by atoms with Gasteiger partial charge in [-0.15, -0.1) is 23.1 Å². The van der Waals surface area contributed by atoms with E-state index in [1.165, 1.54) is 29.7 Å². The van der Waals surface area contributed by atoms with Crippen LogP contribution < -0.4 is 0 Å². The van der Waals surface area contributed by atoms with Crippen LogP contribution in [0.5, 0.6) is 0 Å². The first kappa shape index (κ1) is 16.1. The Morgan fingerprint density at radius 3 is 2.76 bits per heavy atom. The standard InChI is InChI=1S/C18H13Cl2N3S2/c19-16-15-14(22-18(20)23-16)13-12(11-7-3-4-8-24-11)9-5-1-2-6-10(9)21-17(13)25-15/h3-4,7-8,11H,1-2,5-6H2. The van der Waals surface area contributed by atoms with Crippen LogP contribution >= 0.6 is 46.3 Å². The molecule has 25 heavy (non-hydrogen) atoms. The Labute approximate surface area is 163 Å². The van der Waals surface area contributed by atoms with Crippen molar-refractivity contribution in [3.8, 4) is 0 Å². The molecule has 3 aromatic heterocycles. The average Bonchev–Trinajstić information content (AvgIpc) is 2.99. The first-order valence-corrected chi connectivity index (χ1v) is 10.7. The maximum Gasteiger partial charge on any atom is 0.224 e. The highest BCUT2D eigenvalue weighted by atomic mass is 35.5. The smallest absolute Gasteiger partial charge is 0.224 e. The molecular formula is C18H13Cl2N3S2. The van der Waals surface area contributed by atoms with Gasteiger partial charge >= 0.3 is 0 Å². The number of allylic oxidation sites excluding steroid dienone is 2. The Morgan fingerprint density at radius 2 is 1.92 bits per heavy atom. The molecule has 0 aromatic carbocycles. The first-order chi connectivity index (χ1) is 12.2. The van der Waals surface area contributed by atoms with E-state index in [1.54, 1.807) is 11.3 Å². The maximum absolute atomic E-state index is 6.35. The van der Waals surface area contributed by atoms with E-state index < -0.39 is 0 Å². The lowest BCUT2D eigenvalue weighted by molar-refractivity contribution is 0.666. The topological polar surface area (TPSA) is 38.7 Å². The van der Waals surface area contributed by atoms with Gasteiger partial charge < -0.3 is 0 Å². The fraction of sp³-hybridized carbons (Fsp3) is 0.278. The molecule has 0 amide bonds. The lowest BCUT2D eigenvalue weighted by Crippen LogP contribution is -2.11. The molecule has 126 valence electrons. The van der Waals surface area contributed by atoms with Crippen LogP contribution in [0.2, 0.25) is 10.4 Å². The third-order valence-electron chi connectivity index (χ3n) is 4.70. The van der Waals surface area contributed by atoms with Gasteiger partial charge in [0.1, 0.15) is 4.83 Å². The first-order valence-electron chi connectivity index (χ1n) is 8.18. The van der Waals surface area contributed by atoms with Crippen molar-refractivity contribution in [3.05, 3.63) is 50.9 Å². The van der Waals surface area contributed by atoms with Gasteiger partial charge in [0.15, 0.2) is 5.15 Å². The Kier molecular flexibility index (Phi) is 4.01. The van der Waals surface area contributed by atoms with E-state index in [2.05, 4.69) is 33.6 Å². The highest BCUT2D eigenvalue weighted by Gasteiger charge is 2.27. The minimum absolute atomic E-state index is 0.188. The molecule has 0 saturated carbocycles. The van der Waals surface area contributed by atoms with Crippen LogP contribution in [0, 0.1) is 0 Å². The van der Waals surface area contributed by atoms with Crippen LogP contribution in [0.25, 0.3) is 20.4 Å². The number of nitrogens with zero attached hydrogens (tertiary/aromatic N) is 3. The van der Waals surface area contributed by atoms with E-state index in [0.29, 0.717) is 5.15 Å². The minimum Gasteiger partial charge on any atom is -0.242 e. The van der Waals surface area contributed by atoms with Crippen molar-refractivity contribution in [2.45, 2.75) is 30.9 Å². The Morgan fingerprint density at radius 1 is 1.04 bits per heavy atom. The van der Waals surface area contributed by atoms with E-state index in [-0.39, 0.29) is 10.5 Å². The minimum atomic E-state index is 0.188. The maximum atomic E-state index is 6.35. The van der Waals surface area contributed by atoms with Gasteiger partial charge in [-0.1, -0.05) is 29.8 Å². The van der Waals surface area contributed by atoms with Gasteiger partial charge in [0.25, 0.3) is 0 Å². The number of hydrogen-bond acceptors (Lipinski definition) is 5. The van der Waals surface area contributed by atoms with Crippen molar-refractivity contribution in [1.29, 1.82) is 0 Å². The van der Waals surface area contributed by atoms with Gasteiger partial charge in [-0.3, -0.25) is 0 Å². The zero-order valence-electron chi connectivity index (χ0n) is 13.1. The molecule has 0 bridgehead atoms. The van der Waals surface area contributed by atoms with Gasteiger partial charge in [-0.2, -0.15) is 0 Å². The lowest BCUT2D eigenvalue weighted by Gasteiger charge is -2.23. The molecule has 0 spiro atoms. The monoisotopic (exact) mass is 405 g/mol. The van der Waals surface area contributed by atoms with Crippen molar-refractivity contribution < 1.29 is 0 Å². The van der Waals surface area contributed by atoms with E-state index in [4.69, 9.17) is 28.2 Å². The number of rotatable bonds is 1. The van der Waals surface area contributed by atoms with E-state index in [0.717, 1.165) is 33.3 Å². The molecule has 2 aliphatic rings. The summed E-state index contributed by atoms with van der Waals surface area (Å²) in [5, 5.41) is 4.12. The number of fused-ring (bicyclic) bond motifs is 4. The van der Waals surface area contributed by atoms with Crippen molar-refractivity contribution >= 4 is 66.7 Å². The second kappa shape index (κ2) is 6.23. The summed E-state index contributed by atoms with van der Waals surface area (Å²) in [6.07, 6.45) is 11.0. The molecular weight excluding hydrogens is 393 g/mol. The molecule has 0 fully saturated rings. The molecule has 1 atom stereocenters. The molecule has 1 unspecified atom stereocenters. The van der Waals surface area contributed by atoms with Crippen LogP contribution in [-0.2, 0) is 12.8 Å². The van der Waals surface area contributed by atoms with Gasteiger partial charge in [0.2, 0.25) is 5.28 Å². The quantitative estimate of drug-likeness (QED) is 0.352. The number of thioether (sulfide) groups is 1. The third kappa shape index (κ3) is 2.60. The normalized spacial score (nSPS) is 19.7. The summed E-state index contributed by atoms with van der Waals surface area (Å²) in [5.41, 5.74) is 4.80. The second-order valence-corrected chi connectivity index (χ2v) is 8.92. The molecule has 0 saturated heterocycles. The predicted molar refractivity (Wildman–Crippen MR) is 108 cm³/mol. The SMILES string of the molecule is Clc1nc(Cl)c2sc3nc4c(c(C5C=CC=CS5)c3c2n1)CCCC4. The highest BCUT2D eigenvalue weighted by molar-refractivity contribution is 8.02. The highest BCUT2D eigenvalue weighted by Crippen LogP contribution is 2.46. The number of thiophene rings is 1. The van der Waals surface area contributed by atoms with E-state index >= 15 is 0 Å². The van der Waals surface area contributed by atoms with Crippen LogP contribution in [0.3, 0.4) is 0 Å². The van der Waals surface area contributed by atoms with E-state index in [9.17, 15) is 0 Å². The Hall–Kier alpha value is -1.14. The fourth-order valence-corrected chi connectivity index (χ4v) is 6.13. The average molecular weight is 406 g/mol. The summed E-state index contributed by atoms with van der Waals surface area (Å²) < 4.78 is 0.873. The lowest BCUT2D eigenvalue weighted by atomic mass is 9.89. The molecule has 0 radical (unpaired) electrons.